The molecule has 5 rings (SSSR count). The zero-order valence-corrected chi connectivity index (χ0v) is 15.5. The van der Waals surface area contributed by atoms with E-state index in [0.29, 0.717) is 16.6 Å². The lowest BCUT2D eigenvalue weighted by Crippen LogP contribution is -2.02. The second-order valence-electron chi connectivity index (χ2n) is 5.73. The molecule has 0 radical (unpaired) electrons. The van der Waals surface area contributed by atoms with Crippen molar-refractivity contribution >= 4 is 34.5 Å². The minimum atomic E-state index is 0.0682. The molecule has 9 heteroatoms. The molecule has 1 aromatic carbocycles. The van der Waals surface area contributed by atoms with Gasteiger partial charge in [-0.25, -0.2) is 0 Å². The fourth-order valence-electron chi connectivity index (χ4n) is 2.71. The summed E-state index contributed by atoms with van der Waals surface area (Å²) in [6.45, 7) is 0.232. The summed E-state index contributed by atoms with van der Waals surface area (Å²) in [5.74, 6) is 1.79. The van der Waals surface area contributed by atoms with Gasteiger partial charge < -0.3 is 9.47 Å². The molecule has 0 unspecified atom stereocenters. The Balaban J connectivity index is 1.43. The molecule has 0 spiro atoms. The molecule has 0 fully saturated rings. The zero-order valence-electron chi connectivity index (χ0n) is 13.9. The van der Waals surface area contributed by atoms with Gasteiger partial charge in [0.15, 0.2) is 22.9 Å². The summed E-state index contributed by atoms with van der Waals surface area (Å²) in [6, 6.07) is 13.1. The van der Waals surface area contributed by atoms with Crippen molar-refractivity contribution in [2.75, 3.05) is 12.5 Å². The van der Waals surface area contributed by atoms with Gasteiger partial charge in [-0.15, -0.1) is 21.5 Å². The van der Waals surface area contributed by atoms with Crippen LogP contribution in [-0.4, -0.2) is 38.1 Å². The number of thiophene rings is 1. The van der Waals surface area contributed by atoms with Crippen molar-refractivity contribution in [3.05, 3.63) is 52.7 Å². The van der Waals surface area contributed by atoms with Crippen LogP contribution in [0.4, 0.5) is 0 Å². The Morgan fingerprint density at radius 2 is 2.07 bits per heavy atom. The summed E-state index contributed by atoms with van der Waals surface area (Å²) < 4.78 is 12.4. The van der Waals surface area contributed by atoms with Crippen molar-refractivity contribution in [3.8, 4) is 22.8 Å². The maximum atomic E-state index is 12.2. The van der Waals surface area contributed by atoms with Gasteiger partial charge in [0.2, 0.25) is 11.9 Å². The number of carbonyl (C=O) groups excluding carboxylic acids is 1. The van der Waals surface area contributed by atoms with E-state index in [4.69, 9.17) is 9.47 Å². The Kier molecular flexibility index (Phi) is 4.02. The summed E-state index contributed by atoms with van der Waals surface area (Å²) in [5.41, 5.74) is 2.29. The molecule has 27 heavy (non-hydrogen) atoms. The lowest BCUT2D eigenvalue weighted by molar-refractivity contribution is 0.102. The van der Waals surface area contributed by atoms with Crippen LogP contribution in [0, 0.1) is 0 Å². The summed E-state index contributed by atoms with van der Waals surface area (Å²) in [6.07, 6.45) is 0. The fourth-order valence-corrected chi connectivity index (χ4v) is 4.23. The highest BCUT2D eigenvalue weighted by atomic mass is 32.2. The largest absolute Gasteiger partial charge is 0.454 e. The topological polar surface area (TPSA) is 78.6 Å². The number of hydrogen-bond donors (Lipinski definition) is 0. The van der Waals surface area contributed by atoms with Crippen LogP contribution in [0.5, 0.6) is 11.5 Å². The highest BCUT2D eigenvalue weighted by Gasteiger charge is 2.16. The maximum Gasteiger partial charge on any atom is 0.231 e. The van der Waals surface area contributed by atoms with Crippen molar-refractivity contribution < 1.29 is 14.3 Å². The summed E-state index contributed by atoms with van der Waals surface area (Å²) in [4.78, 5) is 13.0. The molecule has 3 aromatic heterocycles. The summed E-state index contributed by atoms with van der Waals surface area (Å²) >= 11 is 2.76. The van der Waals surface area contributed by atoms with Crippen molar-refractivity contribution in [2.45, 2.75) is 5.16 Å². The average molecular weight is 396 g/mol. The third-order valence-electron chi connectivity index (χ3n) is 4.03. The second kappa shape index (κ2) is 6.67. The van der Waals surface area contributed by atoms with Crippen molar-refractivity contribution in [2.24, 2.45) is 0 Å². The van der Waals surface area contributed by atoms with E-state index < -0.39 is 0 Å². The smallest absolute Gasteiger partial charge is 0.231 e. The van der Waals surface area contributed by atoms with Crippen LogP contribution in [0.1, 0.15) is 9.67 Å². The van der Waals surface area contributed by atoms with Crippen molar-refractivity contribution in [1.82, 2.24) is 19.8 Å². The van der Waals surface area contributed by atoms with Crippen LogP contribution in [-0.2, 0) is 0 Å². The molecule has 4 heterocycles. The Hall–Kier alpha value is -2.91. The van der Waals surface area contributed by atoms with Crippen LogP contribution < -0.4 is 9.47 Å². The van der Waals surface area contributed by atoms with Gasteiger partial charge >= 0.3 is 0 Å². The molecule has 0 atom stereocenters. The molecule has 0 saturated heterocycles. The van der Waals surface area contributed by atoms with E-state index in [1.807, 2.05) is 47.8 Å². The number of aromatic nitrogens is 4. The van der Waals surface area contributed by atoms with E-state index in [0.717, 1.165) is 21.9 Å². The van der Waals surface area contributed by atoms with Crippen LogP contribution in [0.15, 0.2) is 53.0 Å². The predicted octanol–water partition coefficient (Wildman–Crippen LogP) is 3.56. The van der Waals surface area contributed by atoms with Gasteiger partial charge in [-0.2, -0.15) is 9.61 Å². The number of Topliss-reactive ketones (excluding diaryl/α,β-unsaturated/α-hetero) is 1. The number of thioether (sulfide) groups is 1. The Morgan fingerprint density at radius 1 is 1.15 bits per heavy atom. The van der Waals surface area contributed by atoms with Crippen LogP contribution in [0.3, 0.4) is 0 Å². The predicted molar refractivity (Wildman–Crippen MR) is 102 cm³/mol. The molecule has 134 valence electrons. The first-order chi connectivity index (χ1) is 13.3. The molecule has 1 aliphatic rings. The van der Waals surface area contributed by atoms with Crippen LogP contribution in [0.2, 0.25) is 0 Å². The molecule has 0 bridgehead atoms. The maximum absolute atomic E-state index is 12.2. The van der Waals surface area contributed by atoms with E-state index in [9.17, 15) is 4.79 Å². The third kappa shape index (κ3) is 3.04. The first-order valence-electron chi connectivity index (χ1n) is 8.10. The lowest BCUT2D eigenvalue weighted by Gasteiger charge is -2.04. The molecule has 0 amide bonds. The van der Waals surface area contributed by atoms with E-state index >= 15 is 0 Å². The zero-order chi connectivity index (χ0) is 18.2. The normalized spacial score (nSPS) is 12.6. The summed E-state index contributed by atoms with van der Waals surface area (Å²) in [7, 11) is 0. The minimum absolute atomic E-state index is 0.0682. The van der Waals surface area contributed by atoms with Gasteiger partial charge in [0.1, 0.15) is 0 Å². The summed E-state index contributed by atoms with van der Waals surface area (Å²) in [5, 5.41) is 15.4. The molecule has 0 N–H and O–H groups in total. The number of ketones is 1. The Bertz CT molecular complexity index is 1140. The first-order valence-corrected chi connectivity index (χ1v) is 9.96. The van der Waals surface area contributed by atoms with Gasteiger partial charge in [0.25, 0.3) is 0 Å². The fraction of sp³-hybridized carbons (Fsp3) is 0.111. The number of fused-ring (bicyclic) bond motifs is 2. The highest BCUT2D eigenvalue weighted by molar-refractivity contribution is 7.99. The van der Waals surface area contributed by atoms with E-state index in [1.54, 1.807) is 4.52 Å². The molecule has 4 aromatic rings. The van der Waals surface area contributed by atoms with Crippen LogP contribution in [0.25, 0.3) is 16.9 Å². The molecule has 7 nitrogen and oxygen atoms in total. The second-order valence-corrected chi connectivity index (χ2v) is 7.62. The van der Waals surface area contributed by atoms with Gasteiger partial charge in [0, 0.05) is 5.56 Å². The average Bonchev–Trinajstić information content (AvgIpc) is 3.45. The van der Waals surface area contributed by atoms with Gasteiger partial charge in [-0.3, -0.25) is 4.79 Å². The van der Waals surface area contributed by atoms with E-state index in [2.05, 4.69) is 15.3 Å². The lowest BCUT2D eigenvalue weighted by atomic mass is 10.1. The highest BCUT2D eigenvalue weighted by Crippen LogP contribution is 2.35. The monoisotopic (exact) mass is 396 g/mol. The van der Waals surface area contributed by atoms with Crippen molar-refractivity contribution in [1.29, 1.82) is 0 Å². The molecule has 1 aliphatic heterocycles. The number of benzene rings is 1. The van der Waals surface area contributed by atoms with E-state index in [-0.39, 0.29) is 18.3 Å². The molecule has 0 aliphatic carbocycles. The third-order valence-corrected chi connectivity index (χ3v) is 5.86. The SMILES string of the molecule is O=C(CSc1nnc2ccc(-c3ccc4c(c3)OCO4)nn12)c1cccs1. The van der Waals surface area contributed by atoms with Gasteiger partial charge in [0.05, 0.1) is 16.3 Å². The number of ether oxygens (including phenoxy) is 2. The van der Waals surface area contributed by atoms with Crippen molar-refractivity contribution in [3.63, 3.8) is 0 Å². The van der Waals surface area contributed by atoms with E-state index in [1.165, 1.54) is 23.1 Å². The molecule has 0 saturated carbocycles. The molecular formula is C18H12N4O3S2. The Morgan fingerprint density at radius 3 is 2.96 bits per heavy atom. The number of rotatable bonds is 5. The van der Waals surface area contributed by atoms with Crippen LogP contribution >= 0.6 is 23.1 Å². The number of nitrogens with zero attached hydrogens (tertiary/aromatic N) is 4. The minimum Gasteiger partial charge on any atom is -0.454 e. The number of hydrogen-bond acceptors (Lipinski definition) is 8. The first kappa shape index (κ1) is 16.3. The standard InChI is InChI=1S/C18H12N4O3S2/c23-13(16-2-1-7-26-16)9-27-18-20-19-17-6-4-12(21-22(17)18)11-3-5-14-15(8-11)25-10-24-14/h1-8H,9-10H2. The quantitative estimate of drug-likeness (QED) is 0.377. The molecular weight excluding hydrogens is 384 g/mol. The van der Waals surface area contributed by atoms with Gasteiger partial charge in [-0.05, 0) is 41.8 Å². The van der Waals surface area contributed by atoms with Gasteiger partial charge in [-0.1, -0.05) is 17.8 Å². The Labute approximate surface area is 162 Å². The number of carbonyl (C=O) groups is 1.